The molecule has 5 rings (SSSR count). The predicted molar refractivity (Wildman–Crippen MR) is 116 cm³/mol. The Bertz CT molecular complexity index is 1010. The minimum Gasteiger partial charge on any atom is -0.490 e. The third-order valence-electron chi connectivity index (χ3n) is 6.44. The number of hydrogen-bond donors (Lipinski definition) is 0. The number of benzene rings is 3. The molecule has 2 aliphatic rings. The highest BCUT2D eigenvalue weighted by molar-refractivity contribution is 5.85. The van der Waals surface area contributed by atoms with Crippen molar-refractivity contribution in [3.05, 3.63) is 101 Å². The zero-order valence-electron chi connectivity index (χ0n) is 16.8. The van der Waals surface area contributed by atoms with Crippen molar-refractivity contribution in [2.24, 2.45) is 0 Å². The van der Waals surface area contributed by atoms with Gasteiger partial charge in [-0.3, -0.25) is 4.79 Å². The molecule has 2 aliphatic carbocycles. The van der Waals surface area contributed by atoms with E-state index in [9.17, 15) is 4.79 Å². The van der Waals surface area contributed by atoms with Gasteiger partial charge in [0.25, 0.3) is 0 Å². The van der Waals surface area contributed by atoms with Crippen molar-refractivity contribution in [1.82, 2.24) is 0 Å². The van der Waals surface area contributed by atoms with Crippen LogP contribution >= 0.6 is 0 Å². The van der Waals surface area contributed by atoms with Gasteiger partial charge in [-0.15, -0.1) is 0 Å². The zero-order chi connectivity index (χ0) is 19.8. The fourth-order valence-corrected chi connectivity index (χ4v) is 4.90. The summed E-state index contributed by atoms with van der Waals surface area (Å²) in [4.78, 5) is 11.2. The lowest BCUT2D eigenvalue weighted by Crippen LogP contribution is -2.33. The number of aryl methyl sites for hydroxylation is 2. The van der Waals surface area contributed by atoms with E-state index in [1.807, 2.05) is 0 Å². The number of hydrogen-bond acceptors (Lipinski definition) is 2. The van der Waals surface area contributed by atoms with Crippen molar-refractivity contribution in [2.75, 3.05) is 0 Å². The van der Waals surface area contributed by atoms with Crippen LogP contribution in [0.4, 0.5) is 0 Å². The SMILES string of the molecule is Cc1ccc2c(c1)CC[C@H](c1ccccc1)[C@@H]2c1ccc(OC2CC(=O)C2)cc1. The predicted octanol–water partition coefficient (Wildman–Crippen LogP) is 5.97. The standard InChI is InChI=1S/C27H26O2/c1-18-7-13-26-21(15-18)10-14-25(19-5-3-2-4-6-19)27(26)20-8-11-23(12-9-20)29-24-16-22(28)17-24/h2-9,11-13,15,24-25,27H,10,14,16-17H2,1H3/t25-,27+/m1/s1. The van der Waals surface area contributed by atoms with Gasteiger partial charge in [-0.1, -0.05) is 66.2 Å². The van der Waals surface area contributed by atoms with Crippen molar-refractivity contribution < 1.29 is 9.53 Å². The largest absolute Gasteiger partial charge is 0.490 e. The second-order valence-electron chi connectivity index (χ2n) is 8.49. The molecule has 0 aromatic heterocycles. The maximum absolute atomic E-state index is 11.2. The summed E-state index contributed by atoms with van der Waals surface area (Å²) in [7, 11) is 0. The van der Waals surface area contributed by atoms with Gasteiger partial charge in [-0.25, -0.2) is 0 Å². The van der Waals surface area contributed by atoms with E-state index in [0.717, 1.165) is 18.6 Å². The molecule has 1 saturated carbocycles. The summed E-state index contributed by atoms with van der Waals surface area (Å²) in [6, 6.07) is 26.4. The van der Waals surface area contributed by atoms with Gasteiger partial charge in [0, 0.05) is 18.8 Å². The quantitative estimate of drug-likeness (QED) is 0.556. The van der Waals surface area contributed by atoms with Crippen molar-refractivity contribution in [3.63, 3.8) is 0 Å². The maximum Gasteiger partial charge on any atom is 0.140 e. The van der Waals surface area contributed by atoms with Gasteiger partial charge in [0.05, 0.1) is 0 Å². The van der Waals surface area contributed by atoms with Crippen LogP contribution in [0.1, 0.15) is 58.9 Å². The fourth-order valence-electron chi connectivity index (χ4n) is 4.90. The molecule has 2 atom stereocenters. The summed E-state index contributed by atoms with van der Waals surface area (Å²) < 4.78 is 5.94. The van der Waals surface area contributed by atoms with Crippen LogP contribution in [0.25, 0.3) is 0 Å². The average Bonchev–Trinajstić information content (AvgIpc) is 2.73. The normalized spacial score (nSPS) is 21.3. The summed E-state index contributed by atoms with van der Waals surface area (Å²) >= 11 is 0. The Balaban J connectivity index is 1.49. The monoisotopic (exact) mass is 382 g/mol. The summed E-state index contributed by atoms with van der Waals surface area (Å²) in [6.45, 7) is 2.18. The van der Waals surface area contributed by atoms with Crippen LogP contribution in [-0.2, 0) is 11.2 Å². The molecule has 1 fully saturated rings. The van der Waals surface area contributed by atoms with Gasteiger partial charge in [0.1, 0.15) is 17.6 Å². The number of carbonyl (C=O) groups excluding carboxylic acids is 1. The van der Waals surface area contributed by atoms with E-state index < -0.39 is 0 Å². The van der Waals surface area contributed by atoms with Gasteiger partial charge in [0.15, 0.2) is 0 Å². The fraction of sp³-hybridized carbons (Fsp3) is 0.296. The Kier molecular flexibility index (Phi) is 4.71. The van der Waals surface area contributed by atoms with Crippen LogP contribution in [-0.4, -0.2) is 11.9 Å². The number of Topliss-reactive ketones (excluding diaryl/α,β-unsaturated/α-hetero) is 1. The van der Waals surface area contributed by atoms with Crippen LogP contribution in [0.3, 0.4) is 0 Å². The third-order valence-corrected chi connectivity index (χ3v) is 6.44. The molecule has 0 radical (unpaired) electrons. The second kappa shape index (κ2) is 7.51. The van der Waals surface area contributed by atoms with E-state index in [2.05, 4.69) is 79.7 Å². The Labute approximate surface area is 172 Å². The van der Waals surface area contributed by atoms with Crippen LogP contribution in [0.2, 0.25) is 0 Å². The highest BCUT2D eigenvalue weighted by Gasteiger charge is 2.32. The first kappa shape index (κ1) is 18.2. The summed E-state index contributed by atoms with van der Waals surface area (Å²) in [5.74, 6) is 1.98. The highest BCUT2D eigenvalue weighted by Crippen LogP contribution is 2.46. The smallest absolute Gasteiger partial charge is 0.140 e. The second-order valence-corrected chi connectivity index (χ2v) is 8.49. The molecule has 0 unspecified atom stereocenters. The van der Waals surface area contributed by atoms with E-state index in [1.54, 1.807) is 0 Å². The van der Waals surface area contributed by atoms with Crippen molar-refractivity contribution >= 4 is 5.78 Å². The molecule has 0 spiro atoms. The molecule has 0 amide bonds. The molecule has 146 valence electrons. The van der Waals surface area contributed by atoms with Crippen LogP contribution < -0.4 is 4.74 Å². The van der Waals surface area contributed by atoms with E-state index in [-0.39, 0.29) is 6.10 Å². The summed E-state index contributed by atoms with van der Waals surface area (Å²) in [6.07, 6.45) is 3.45. The number of carbonyl (C=O) groups is 1. The van der Waals surface area contributed by atoms with E-state index in [1.165, 1.54) is 27.8 Å². The summed E-state index contributed by atoms with van der Waals surface area (Å²) in [5.41, 5.74) is 7.02. The summed E-state index contributed by atoms with van der Waals surface area (Å²) in [5, 5.41) is 0. The van der Waals surface area contributed by atoms with E-state index >= 15 is 0 Å². The first-order chi connectivity index (χ1) is 14.2. The van der Waals surface area contributed by atoms with Gasteiger partial charge < -0.3 is 4.74 Å². The third kappa shape index (κ3) is 3.60. The van der Waals surface area contributed by atoms with Crippen LogP contribution in [0.15, 0.2) is 72.8 Å². The Hall–Kier alpha value is -2.87. The lowest BCUT2D eigenvalue weighted by molar-refractivity contribution is -0.129. The van der Waals surface area contributed by atoms with Gasteiger partial charge in [0.2, 0.25) is 0 Å². The van der Waals surface area contributed by atoms with Crippen molar-refractivity contribution in [3.8, 4) is 5.75 Å². The van der Waals surface area contributed by atoms with Crippen LogP contribution in [0, 0.1) is 6.92 Å². The minimum absolute atomic E-state index is 0.0591. The van der Waals surface area contributed by atoms with Gasteiger partial charge in [-0.05, 0) is 60.1 Å². The average molecular weight is 383 g/mol. The molecule has 0 saturated heterocycles. The number of ketones is 1. The first-order valence-electron chi connectivity index (χ1n) is 10.6. The van der Waals surface area contributed by atoms with E-state index in [0.29, 0.717) is 30.5 Å². The molecular formula is C27H26O2. The number of ether oxygens (including phenoxy) is 1. The van der Waals surface area contributed by atoms with Gasteiger partial charge in [-0.2, -0.15) is 0 Å². The molecule has 0 heterocycles. The van der Waals surface area contributed by atoms with Crippen molar-refractivity contribution in [2.45, 2.75) is 50.5 Å². The Morgan fingerprint density at radius 2 is 1.62 bits per heavy atom. The number of fused-ring (bicyclic) bond motifs is 1. The first-order valence-corrected chi connectivity index (χ1v) is 10.6. The molecule has 2 nitrogen and oxygen atoms in total. The zero-order valence-corrected chi connectivity index (χ0v) is 16.8. The topological polar surface area (TPSA) is 26.3 Å². The molecule has 3 aromatic carbocycles. The van der Waals surface area contributed by atoms with Crippen LogP contribution in [0.5, 0.6) is 5.75 Å². The van der Waals surface area contributed by atoms with E-state index in [4.69, 9.17) is 4.74 Å². The molecule has 0 bridgehead atoms. The molecule has 0 N–H and O–H groups in total. The minimum atomic E-state index is 0.0591. The highest BCUT2D eigenvalue weighted by atomic mass is 16.5. The lowest BCUT2D eigenvalue weighted by Gasteiger charge is -2.35. The lowest BCUT2D eigenvalue weighted by atomic mass is 9.69. The Morgan fingerprint density at radius 1 is 0.862 bits per heavy atom. The Morgan fingerprint density at radius 3 is 2.34 bits per heavy atom. The molecule has 3 aromatic rings. The molecule has 29 heavy (non-hydrogen) atoms. The van der Waals surface area contributed by atoms with Crippen molar-refractivity contribution in [1.29, 1.82) is 0 Å². The molecule has 0 aliphatic heterocycles. The molecule has 2 heteroatoms. The maximum atomic E-state index is 11.2. The number of rotatable bonds is 4. The van der Waals surface area contributed by atoms with Gasteiger partial charge >= 0.3 is 0 Å². The molecular weight excluding hydrogens is 356 g/mol.